The lowest BCUT2D eigenvalue weighted by Crippen LogP contribution is -2.66. The fourth-order valence-corrected chi connectivity index (χ4v) is 5.25. The molecule has 0 radical (unpaired) electrons. The van der Waals surface area contributed by atoms with E-state index in [1.165, 1.54) is 36.0 Å². The van der Waals surface area contributed by atoms with E-state index in [0.29, 0.717) is 12.0 Å². The van der Waals surface area contributed by atoms with E-state index >= 15 is 0 Å². The van der Waals surface area contributed by atoms with Gasteiger partial charge in [0.2, 0.25) is 5.95 Å². The minimum absolute atomic E-state index is 0.164. The third-order valence-corrected chi connectivity index (χ3v) is 7.47. The van der Waals surface area contributed by atoms with Crippen LogP contribution in [0.2, 0.25) is 0 Å². The second-order valence-corrected chi connectivity index (χ2v) is 9.85. The third-order valence-electron chi connectivity index (χ3n) is 7.47. The average Bonchev–Trinajstić information content (AvgIpc) is 2.73. The van der Waals surface area contributed by atoms with E-state index in [1.54, 1.807) is 0 Å². The standard InChI is InChI=1S/C27H29N3O2/c1-20-3-5-22(6-4-20)27(11-2-12-27)23-7-9-24(10-8-23)32-15-21-13-28-25(29-14-21)30-16-26(17-30)18-31-19-26/h3-10,13-14H,2,11-12,15-19H2,1H3. The molecule has 164 valence electrons. The van der Waals surface area contributed by atoms with Crippen molar-refractivity contribution in [2.75, 3.05) is 31.2 Å². The van der Waals surface area contributed by atoms with Gasteiger partial charge in [-0.05, 0) is 43.0 Å². The first-order valence-electron chi connectivity index (χ1n) is 11.6. The zero-order valence-corrected chi connectivity index (χ0v) is 18.6. The van der Waals surface area contributed by atoms with Crippen LogP contribution >= 0.6 is 0 Å². The van der Waals surface area contributed by atoms with Crippen molar-refractivity contribution in [1.82, 2.24) is 9.97 Å². The second kappa shape index (κ2) is 7.59. The molecule has 5 heteroatoms. The topological polar surface area (TPSA) is 47.5 Å². The highest BCUT2D eigenvalue weighted by molar-refractivity contribution is 5.44. The van der Waals surface area contributed by atoms with Crippen LogP contribution in [0, 0.1) is 12.3 Å². The molecule has 1 aliphatic carbocycles. The Kier molecular flexibility index (Phi) is 4.68. The smallest absolute Gasteiger partial charge is 0.225 e. The van der Waals surface area contributed by atoms with Crippen LogP contribution in [0.25, 0.3) is 0 Å². The first kappa shape index (κ1) is 19.7. The molecule has 0 N–H and O–H groups in total. The molecular weight excluding hydrogens is 398 g/mol. The zero-order valence-electron chi connectivity index (χ0n) is 18.6. The molecule has 2 saturated heterocycles. The van der Waals surface area contributed by atoms with Gasteiger partial charge in [-0.3, -0.25) is 0 Å². The van der Waals surface area contributed by atoms with E-state index in [9.17, 15) is 0 Å². The van der Waals surface area contributed by atoms with Crippen molar-refractivity contribution >= 4 is 5.95 Å². The summed E-state index contributed by atoms with van der Waals surface area (Å²) in [7, 11) is 0. The summed E-state index contributed by atoms with van der Waals surface area (Å²) in [6.45, 7) is 6.37. The first-order valence-corrected chi connectivity index (χ1v) is 11.6. The molecule has 1 saturated carbocycles. The minimum atomic E-state index is 0.164. The predicted molar refractivity (Wildman–Crippen MR) is 124 cm³/mol. The number of rotatable bonds is 6. The van der Waals surface area contributed by atoms with Gasteiger partial charge in [0.25, 0.3) is 0 Å². The van der Waals surface area contributed by atoms with Gasteiger partial charge in [-0.1, -0.05) is 48.4 Å². The molecule has 3 aromatic rings. The SMILES string of the molecule is Cc1ccc(C2(c3ccc(OCc4cnc(N5CC6(COC6)C5)nc4)cc3)CCC2)cc1. The number of aryl methyl sites for hydroxylation is 1. The molecule has 0 amide bonds. The summed E-state index contributed by atoms with van der Waals surface area (Å²) < 4.78 is 11.4. The van der Waals surface area contributed by atoms with Crippen LogP contribution in [0.1, 0.15) is 41.5 Å². The molecule has 2 aliphatic heterocycles. The molecule has 1 aromatic heterocycles. The molecule has 1 spiro atoms. The molecule has 6 rings (SSSR count). The Hall–Kier alpha value is -2.92. The summed E-state index contributed by atoms with van der Waals surface area (Å²) in [6, 6.07) is 17.7. The largest absolute Gasteiger partial charge is 0.489 e. The molecule has 0 atom stereocenters. The summed E-state index contributed by atoms with van der Waals surface area (Å²) in [4.78, 5) is 11.3. The monoisotopic (exact) mass is 427 g/mol. The Morgan fingerprint density at radius 1 is 0.906 bits per heavy atom. The normalized spacial score (nSPS) is 20.2. The maximum atomic E-state index is 6.02. The van der Waals surface area contributed by atoms with Gasteiger partial charge in [0.1, 0.15) is 12.4 Å². The van der Waals surface area contributed by atoms with Gasteiger partial charge in [0.05, 0.1) is 18.6 Å². The number of hydrogen-bond donors (Lipinski definition) is 0. The lowest BCUT2D eigenvalue weighted by molar-refractivity contribution is -0.127. The van der Waals surface area contributed by atoms with Gasteiger partial charge in [0, 0.05) is 36.5 Å². The van der Waals surface area contributed by atoms with E-state index in [1.807, 2.05) is 12.4 Å². The Bertz CT molecular complexity index is 1080. The number of nitrogens with zero attached hydrogens (tertiary/aromatic N) is 3. The van der Waals surface area contributed by atoms with Gasteiger partial charge >= 0.3 is 0 Å². The molecule has 3 aliphatic rings. The number of ether oxygens (including phenoxy) is 2. The van der Waals surface area contributed by atoms with E-state index in [-0.39, 0.29) is 5.41 Å². The molecule has 5 nitrogen and oxygen atoms in total. The van der Waals surface area contributed by atoms with Crippen LogP contribution in [-0.2, 0) is 16.8 Å². The van der Waals surface area contributed by atoms with E-state index in [4.69, 9.17) is 9.47 Å². The van der Waals surface area contributed by atoms with Crippen molar-refractivity contribution in [2.24, 2.45) is 5.41 Å². The fraction of sp³-hybridized carbons (Fsp3) is 0.407. The minimum Gasteiger partial charge on any atom is -0.489 e. The zero-order chi connectivity index (χ0) is 21.6. The molecule has 0 unspecified atom stereocenters. The molecule has 32 heavy (non-hydrogen) atoms. The Morgan fingerprint density at radius 2 is 1.53 bits per heavy atom. The molecule has 2 aromatic carbocycles. The van der Waals surface area contributed by atoms with Crippen LogP contribution in [0.4, 0.5) is 5.95 Å². The predicted octanol–water partition coefficient (Wildman–Crippen LogP) is 4.67. The first-order chi connectivity index (χ1) is 15.6. The third kappa shape index (κ3) is 3.36. The average molecular weight is 428 g/mol. The van der Waals surface area contributed by atoms with Crippen LogP contribution in [-0.4, -0.2) is 36.3 Å². The van der Waals surface area contributed by atoms with E-state index in [0.717, 1.165) is 43.6 Å². The van der Waals surface area contributed by atoms with Crippen molar-refractivity contribution in [2.45, 2.75) is 38.2 Å². The lowest BCUT2D eigenvalue weighted by atomic mass is 9.60. The molecular formula is C27H29N3O2. The van der Waals surface area contributed by atoms with Crippen LogP contribution < -0.4 is 9.64 Å². The van der Waals surface area contributed by atoms with Gasteiger partial charge in [-0.2, -0.15) is 0 Å². The molecule has 3 fully saturated rings. The van der Waals surface area contributed by atoms with Crippen LogP contribution in [0.3, 0.4) is 0 Å². The quantitative estimate of drug-likeness (QED) is 0.572. The lowest BCUT2D eigenvalue weighted by Gasteiger charge is -2.54. The van der Waals surface area contributed by atoms with Crippen molar-refractivity contribution in [1.29, 1.82) is 0 Å². The Labute approximate surface area is 189 Å². The summed E-state index contributed by atoms with van der Waals surface area (Å²) in [5.74, 6) is 1.68. The molecule has 3 heterocycles. The number of benzene rings is 2. The van der Waals surface area contributed by atoms with E-state index < -0.39 is 0 Å². The summed E-state index contributed by atoms with van der Waals surface area (Å²) >= 11 is 0. The highest BCUT2D eigenvalue weighted by atomic mass is 16.5. The summed E-state index contributed by atoms with van der Waals surface area (Å²) in [5.41, 5.74) is 5.64. The highest BCUT2D eigenvalue weighted by Crippen LogP contribution is 2.49. The number of anilines is 1. The van der Waals surface area contributed by atoms with Crippen molar-refractivity contribution in [3.8, 4) is 5.75 Å². The maximum Gasteiger partial charge on any atom is 0.225 e. The Morgan fingerprint density at radius 3 is 2.06 bits per heavy atom. The van der Waals surface area contributed by atoms with E-state index in [2.05, 4.69) is 70.3 Å². The van der Waals surface area contributed by atoms with Gasteiger partial charge in [-0.25, -0.2) is 9.97 Å². The second-order valence-electron chi connectivity index (χ2n) is 9.85. The molecule has 0 bridgehead atoms. The number of hydrogen-bond acceptors (Lipinski definition) is 5. The highest BCUT2D eigenvalue weighted by Gasteiger charge is 2.49. The summed E-state index contributed by atoms with van der Waals surface area (Å²) in [6.07, 6.45) is 7.46. The Balaban J connectivity index is 1.08. The van der Waals surface area contributed by atoms with Crippen molar-refractivity contribution in [3.63, 3.8) is 0 Å². The summed E-state index contributed by atoms with van der Waals surface area (Å²) in [5, 5.41) is 0. The van der Waals surface area contributed by atoms with Crippen LogP contribution in [0.5, 0.6) is 5.75 Å². The van der Waals surface area contributed by atoms with Gasteiger partial charge in [0.15, 0.2) is 0 Å². The fourth-order valence-electron chi connectivity index (χ4n) is 5.25. The van der Waals surface area contributed by atoms with Crippen molar-refractivity contribution < 1.29 is 9.47 Å². The van der Waals surface area contributed by atoms with Crippen LogP contribution in [0.15, 0.2) is 60.9 Å². The van der Waals surface area contributed by atoms with Gasteiger partial charge in [-0.15, -0.1) is 0 Å². The number of aromatic nitrogens is 2. The maximum absolute atomic E-state index is 6.02. The van der Waals surface area contributed by atoms with Gasteiger partial charge < -0.3 is 14.4 Å². The van der Waals surface area contributed by atoms with Crippen molar-refractivity contribution in [3.05, 3.63) is 83.2 Å².